The predicted molar refractivity (Wildman–Crippen MR) is 101 cm³/mol. The number of carbonyl (C=O) groups is 1. The average Bonchev–Trinajstić information content (AvgIpc) is 2.66. The second kappa shape index (κ2) is 6.33. The van der Waals surface area contributed by atoms with Crippen LogP contribution in [0.4, 0.5) is 0 Å². The summed E-state index contributed by atoms with van der Waals surface area (Å²) >= 11 is 0. The van der Waals surface area contributed by atoms with Crippen molar-refractivity contribution in [2.45, 2.75) is 32.4 Å². The van der Waals surface area contributed by atoms with E-state index in [0.29, 0.717) is 11.9 Å². The Hall–Kier alpha value is -3.08. The van der Waals surface area contributed by atoms with E-state index in [1.165, 1.54) is 0 Å². The van der Waals surface area contributed by atoms with Crippen LogP contribution in [0, 0.1) is 0 Å². The van der Waals surface area contributed by atoms with Gasteiger partial charge >= 0.3 is 0 Å². The molecule has 1 aliphatic heterocycles. The van der Waals surface area contributed by atoms with Gasteiger partial charge < -0.3 is 15.0 Å². The van der Waals surface area contributed by atoms with Crippen LogP contribution in [-0.4, -0.2) is 15.6 Å². The molecule has 132 valence electrons. The highest BCUT2D eigenvalue weighted by atomic mass is 16.3. The summed E-state index contributed by atoms with van der Waals surface area (Å²) < 4.78 is 1.62. The second-order valence-electron chi connectivity index (χ2n) is 6.70. The molecule has 1 atom stereocenters. The van der Waals surface area contributed by atoms with Crippen molar-refractivity contribution in [3.8, 4) is 5.75 Å². The Kier molecular flexibility index (Phi) is 3.99. The molecule has 1 aromatic heterocycles. The fraction of sp³-hybridized carbons (Fsp3) is 0.238. The second-order valence-corrected chi connectivity index (χ2v) is 6.70. The molecule has 0 bridgehead atoms. The Labute approximate surface area is 150 Å². The monoisotopic (exact) mass is 348 g/mol. The van der Waals surface area contributed by atoms with Gasteiger partial charge in [-0.05, 0) is 37.0 Å². The Balaban J connectivity index is 1.80. The van der Waals surface area contributed by atoms with E-state index in [9.17, 15) is 14.7 Å². The number of amides is 1. The Morgan fingerprint density at radius 3 is 2.69 bits per heavy atom. The van der Waals surface area contributed by atoms with Crippen molar-refractivity contribution in [1.82, 2.24) is 9.88 Å². The number of hydrogen-bond donors (Lipinski definition) is 2. The van der Waals surface area contributed by atoms with E-state index in [2.05, 4.69) is 5.32 Å². The number of nitrogens with zero attached hydrogens (tertiary/aromatic N) is 1. The first-order chi connectivity index (χ1) is 12.6. The van der Waals surface area contributed by atoms with E-state index < -0.39 is 11.5 Å². The quantitative estimate of drug-likeness (QED) is 0.764. The number of hydrogen-bond acceptors (Lipinski definition) is 3. The third-order valence-electron chi connectivity index (χ3n) is 5.04. The summed E-state index contributed by atoms with van der Waals surface area (Å²) in [5, 5.41) is 14.1. The minimum Gasteiger partial charge on any atom is -0.506 e. The molecule has 1 aliphatic rings. The maximum atomic E-state index is 12.9. The minimum absolute atomic E-state index is 0.181. The molecule has 0 radical (unpaired) electrons. The smallest absolute Gasteiger partial charge is 0.267 e. The lowest BCUT2D eigenvalue weighted by Gasteiger charge is -2.22. The molecule has 4 rings (SSSR count). The Bertz CT molecular complexity index is 1050. The summed E-state index contributed by atoms with van der Waals surface area (Å²) in [7, 11) is 0. The van der Waals surface area contributed by atoms with Crippen LogP contribution in [0.3, 0.4) is 0 Å². The number of aryl methyl sites for hydroxylation is 2. The molecule has 2 heterocycles. The molecule has 26 heavy (non-hydrogen) atoms. The molecule has 5 heteroatoms. The first-order valence-electron chi connectivity index (χ1n) is 8.81. The maximum absolute atomic E-state index is 12.9. The van der Waals surface area contributed by atoms with Crippen LogP contribution in [0.2, 0.25) is 0 Å². The molecule has 0 saturated carbocycles. The van der Waals surface area contributed by atoms with Crippen molar-refractivity contribution in [1.29, 1.82) is 0 Å². The van der Waals surface area contributed by atoms with Gasteiger partial charge in [0.1, 0.15) is 11.3 Å². The van der Waals surface area contributed by atoms with E-state index in [0.717, 1.165) is 29.5 Å². The summed E-state index contributed by atoms with van der Waals surface area (Å²) in [5.41, 5.74) is 2.10. The third kappa shape index (κ3) is 2.56. The van der Waals surface area contributed by atoms with Gasteiger partial charge in [0.15, 0.2) is 0 Å². The van der Waals surface area contributed by atoms with Gasteiger partial charge in [0.05, 0.1) is 11.6 Å². The van der Waals surface area contributed by atoms with Gasteiger partial charge in [-0.25, -0.2) is 0 Å². The van der Waals surface area contributed by atoms with E-state index in [1.807, 2.05) is 49.4 Å². The van der Waals surface area contributed by atoms with E-state index in [1.54, 1.807) is 10.6 Å². The zero-order chi connectivity index (χ0) is 18.3. The third-order valence-corrected chi connectivity index (χ3v) is 5.04. The Morgan fingerprint density at radius 2 is 1.92 bits per heavy atom. The summed E-state index contributed by atoms with van der Waals surface area (Å²) in [5.74, 6) is -0.784. The summed E-state index contributed by atoms with van der Waals surface area (Å²) in [6, 6.07) is 14.8. The molecule has 0 saturated heterocycles. The summed E-state index contributed by atoms with van der Waals surface area (Å²) in [4.78, 5) is 25.7. The van der Waals surface area contributed by atoms with Crippen molar-refractivity contribution >= 4 is 16.8 Å². The highest BCUT2D eigenvalue weighted by Crippen LogP contribution is 2.31. The van der Waals surface area contributed by atoms with Gasteiger partial charge in [-0.1, -0.05) is 42.5 Å². The molecule has 0 fully saturated rings. The number of nitrogens with one attached hydrogen (secondary N) is 1. The first kappa shape index (κ1) is 16.4. The lowest BCUT2D eigenvalue weighted by Crippen LogP contribution is -2.35. The van der Waals surface area contributed by atoms with Crippen molar-refractivity contribution in [3.63, 3.8) is 0 Å². The van der Waals surface area contributed by atoms with Crippen molar-refractivity contribution in [3.05, 3.63) is 75.6 Å². The standard InChI is InChI=1S/C21H20N2O3/c1-13(14-7-3-2-4-8-14)22-20(25)17-19(24)16-11-5-9-15-10-6-12-23(18(15)16)21(17)26/h2-5,7-9,11,13,24H,6,10,12H2,1H3,(H,22,25)/t13-/m1/s1. The molecule has 2 aromatic carbocycles. The SMILES string of the molecule is C[C@@H](NC(=O)c1c(O)c2cccc3c2n(c1=O)CCC3)c1ccccc1. The lowest BCUT2D eigenvalue weighted by molar-refractivity contribution is 0.0935. The van der Waals surface area contributed by atoms with Gasteiger partial charge in [0, 0.05) is 11.9 Å². The molecule has 2 N–H and O–H groups in total. The minimum atomic E-state index is -0.550. The average molecular weight is 348 g/mol. The predicted octanol–water partition coefficient (Wildman–Crippen LogP) is 3.14. The molecule has 0 aliphatic carbocycles. The van der Waals surface area contributed by atoms with Gasteiger partial charge in [-0.15, -0.1) is 0 Å². The molecule has 5 nitrogen and oxygen atoms in total. The van der Waals surface area contributed by atoms with Crippen molar-refractivity contribution < 1.29 is 9.90 Å². The number of rotatable bonds is 3. The number of carbonyl (C=O) groups excluding carboxylic acids is 1. The van der Waals surface area contributed by atoms with Crippen molar-refractivity contribution in [2.75, 3.05) is 0 Å². The number of aromatic hydroxyl groups is 1. The van der Waals surface area contributed by atoms with Gasteiger partial charge in [0.25, 0.3) is 11.5 Å². The van der Waals surface area contributed by atoms with Crippen LogP contribution in [0.15, 0.2) is 53.3 Å². The van der Waals surface area contributed by atoms with Crippen LogP contribution in [0.1, 0.15) is 40.9 Å². The number of para-hydroxylation sites is 1. The number of pyridine rings is 1. The molecule has 1 amide bonds. The maximum Gasteiger partial charge on any atom is 0.267 e. The van der Waals surface area contributed by atoms with Gasteiger partial charge in [0.2, 0.25) is 0 Å². The van der Waals surface area contributed by atoms with Crippen LogP contribution >= 0.6 is 0 Å². The molecule has 3 aromatic rings. The van der Waals surface area contributed by atoms with Crippen LogP contribution < -0.4 is 10.9 Å². The zero-order valence-electron chi connectivity index (χ0n) is 14.5. The lowest BCUT2D eigenvalue weighted by atomic mass is 9.99. The number of aromatic nitrogens is 1. The first-order valence-corrected chi connectivity index (χ1v) is 8.81. The van der Waals surface area contributed by atoms with E-state index in [4.69, 9.17) is 0 Å². The highest BCUT2D eigenvalue weighted by Gasteiger charge is 2.25. The van der Waals surface area contributed by atoms with Gasteiger partial charge in [-0.3, -0.25) is 9.59 Å². The fourth-order valence-corrected chi connectivity index (χ4v) is 3.71. The molecule has 0 spiro atoms. The van der Waals surface area contributed by atoms with Crippen molar-refractivity contribution in [2.24, 2.45) is 0 Å². The topological polar surface area (TPSA) is 71.3 Å². The normalized spacial score (nSPS) is 14.2. The zero-order valence-corrected chi connectivity index (χ0v) is 14.5. The van der Waals surface area contributed by atoms with E-state index >= 15 is 0 Å². The van der Waals surface area contributed by atoms with E-state index in [-0.39, 0.29) is 17.4 Å². The van der Waals surface area contributed by atoms with Crippen LogP contribution in [-0.2, 0) is 13.0 Å². The number of benzene rings is 2. The molecular formula is C21H20N2O3. The molecule has 0 unspecified atom stereocenters. The van der Waals surface area contributed by atoms with Crippen LogP contribution in [0.5, 0.6) is 5.75 Å². The highest BCUT2D eigenvalue weighted by molar-refractivity contribution is 6.03. The summed E-state index contributed by atoms with van der Waals surface area (Å²) in [6.07, 6.45) is 1.71. The van der Waals surface area contributed by atoms with Gasteiger partial charge in [-0.2, -0.15) is 0 Å². The fourth-order valence-electron chi connectivity index (χ4n) is 3.71. The molecular weight excluding hydrogens is 328 g/mol. The largest absolute Gasteiger partial charge is 0.506 e. The Morgan fingerprint density at radius 1 is 1.15 bits per heavy atom. The summed E-state index contributed by atoms with van der Waals surface area (Å²) in [6.45, 7) is 2.41. The van der Waals surface area contributed by atoms with Crippen LogP contribution in [0.25, 0.3) is 10.9 Å².